The number of guanidine groups is 1. The molecule has 15 heavy (non-hydrogen) atoms. The van der Waals surface area contributed by atoms with Gasteiger partial charge in [-0.2, -0.15) is 0 Å². The van der Waals surface area contributed by atoms with Crippen molar-refractivity contribution in [3.63, 3.8) is 0 Å². The Kier molecular flexibility index (Phi) is 7.25. The number of hydrogen-bond donors (Lipinski definition) is 1. The van der Waals surface area contributed by atoms with Crippen molar-refractivity contribution in [3.8, 4) is 0 Å². The SMILES string of the molecule is CC(O)CCN(C)C1=NCCCN1C.I. The number of aliphatic imine (C=N–C) groups is 1. The van der Waals surface area contributed by atoms with Crippen LogP contribution in [0.1, 0.15) is 19.8 Å². The monoisotopic (exact) mass is 327 g/mol. The molecule has 1 N–H and O–H groups in total. The van der Waals surface area contributed by atoms with E-state index in [0.29, 0.717) is 0 Å². The van der Waals surface area contributed by atoms with Crippen molar-refractivity contribution in [2.45, 2.75) is 25.9 Å². The van der Waals surface area contributed by atoms with Gasteiger partial charge in [0.2, 0.25) is 0 Å². The highest BCUT2D eigenvalue weighted by Gasteiger charge is 2.15. The van der Waals surface area contributed by atoms with Crippen LogP contribution in [0.4, 0.5) is 0 Å². The van der Waals surface area contributed by atoms with Gasteiger partial charge in [-0.25, -0.2) is 0 Å². The van der Waals surface area contributed by atoms with Gasteiger partial charge in [0, 0.05) is 33.7 Å². The van der Waals surface area contributed by atoms with E-state index in [1.807, 2.05) is 14.0 Å². The predicted octanol–water partition coefficient (Wildman–Crippen LogP) is 0.999. The molecular weight excluding hydrogens is 305 g/mol. The largest absolute Gasteiger partial charge is 0.393 e. The molecular formula is C10H22IN3O. The number of halogens is 1. The highest BCUT2D eigenvalue weighted by molar-refractivity contribution is 14.0. The van der Waals surface area contributed by atoms with Gasteiger partial charge in [0.25, 0.3) is 0 Å². The van der Waals surface area contributed by atoms with Crippen LogP contribution in [0.5, 0.6) is 0 Å². The second kappa shape index (κ2) is 7.27. The second-order valence-corrected chi connectivity index (χ2v) is 4.02. The van der Waals surface area contributed by atoms with E-state index < -0.39 is 0 Å². The van der Waals surface area contributed by atoms with Crippen LogP contribution in [0.25, 0.3) is 0 Å². The highest BCUT2D eigenvalue weighted by atomic mass is 127. The fraction of sp³-hybridized carbons (Fsp3) is 0.900. The maximum atomic E-state index is 9.19. The minimum atomic E-state index is -0.230. The van der Waals surface area contributed by atoms with E-state index in [4.69, 9.17) is 0 Å². The summed E-state index contributed by atoms with van der Waals surface area (Å²) in [6.45, 7) is 4.69. The maximum absolute atomic E-state index is 9.19. The molecule has 90 valence electrons. The first-order valence-electron chi connectivity index (χ1n) is 5.26. The Hall–Kier alpha value is -0.0400. The number of nitrogens with zero attached hydrogens (tertiary/aromatic N) is 3. The molecule has 0 radical (unpaired) electrons. The molecule has 1 rings (SSSR count). The third-order valence-corrected chi connectivity index (χ3v) is 2.47. The van der Waals surface area contributed by atoms with Gasteiger partial charge in [0.15, 0.2) is 5.96 Å². The molecule has 0 aliphatic carbocycles. The summed E-state index contributed by atoms with van der Waals surface area (Å²) < 4.78 is 0. The van der Waals surface area contributed by atoms with Gasteiger partial charge in [-0.1, -0.05) is 0 Å². The molecule has 4 nitrogen and oxygen atoms in total. The van der Waals surface area contributed by atoms with E-state index in [-0.39, 0.29) is 30.1 Å². The standard InChI is InChI=1S/C10H21N3O.HI/c1-9(14)5-8-13(3)10-11-6-4-7-12(10)2;/h9,14H,4-8H2,1-3H3;1H. The number of aliphatic hydroxyl groups is 1. The zero-order valence-electron chi connectivity index (χ0n) is 9.81. The quantitative estimate of drug-likeness (QED) is 0.786. The first-order valence-corrected chi connectivity index (χ1v) is 5.26. The second-order valence-electron chi connectivity index (χ2n) is 4.02. The Labute approximate surface area is 109 Å². The van der Waals surface area contributed by atoms with Crippen LogP contribution in [0.3, 0.4) is 0 Å². The summed E-state index contributed by atoms with van der Waals surface area (Å²) in [4.78, 5) is 8.76. The molecule has 1 aliphatic heterocycles. The number of aliphatic hydroxyl groups excluding tert-OH is 1. The van der Waals surface area contributed by atoms with Gasteiger partial charge >= 0.3 is 0 Å². The summed E-state index contributed by atoms with van der Waals surface area (Å²) in [6.07, 6.45) is 1.71. The topological polar surface area (TPSA) is 39.1 Å². The lowest BCUT2D eigenvalue weighted by atomic mass is 10.3. The summed E-state index contributed by atoms with van der Waals surface area (Å²) >= 11 is 0. The molecule has 0 saturated heterocycles. The first kappa shape index (κ1) is 15.0. The van der Waals surface area contributed by atoms with Crippen molar-refractivity contribution in [1.82, 2.24) is 9.80 Å². The number of rotatable bonds is 3. The summed E-state index contributed by atoms with van der Waals surface area (Å²) in [5.41, 5.74) is 0. The minimum absolute atomic E-state index is 0. The summed E-state index contributed by atoms with van der Waals surface area (Å²) in [7, 11) is 4.10. The Morgan fingerprint density at radius 1 is 1.60 bits per heavy atom. The third-order valence-electron chi connectivity index (χ3n) is 2.47. The molecule has 0 bridgehead atoms. The Morgan fingerprint density at radius 2 is 2.27 bits per heavy atom. The van der Waals surface area contributed by atoms with Crippen LogP contribution >= 0.6 is 24.0 Å². The molecule has 0 aromatic heterocycles. The number of hydrogen-bond acceptors (Lipinski definition) is 4. The smallest absolute Gasteiger partial charge is 0.196 e. The van der Waals surface area contributed by atoms with Gasteiger partial charge in [-0.05, 0) is 19.8 Å². The summed E-state index contributed by atoms with van der Waals surface area (Å²) in [6, 6.07) is 0. The van der Waals surface area contributed by atoms with Crippen molar-refractivity contribution >= 4 is 29.9 Å². The zero-order chi connectivity index (χ0) is 10.6. The van der Waals surface area contributed by atoms with Gasteiger partial charge in [-0.3, -0.25) is 4.99 Å². The molecule has 1 heterocycles. The van der Waals surface area contributed by atoms with Crippen molar-refractivity contribution in [3.05, 3.63) is 0 Å². The Bertz CT molecular complexity index is 209. The van der Waals surface area contributed by atoms with Crippen LogP contribution in [-0.2, 0) is 0 Å². The molecule has 1 atom stereocenters. The third kappa shape index (κ3) is 5.01. The van der Waals surface area contributed by atoms with Crippen LogP contribution in [-0.4, -0.2) is 60.7 Å². The van der Waals surface area contributed by atoms with Gasteiger partial charge in [0.1, 0.15) is 0 Å². The molecule has 0 spiro atoms. The normalized spacial score (nSPS) is 17.9. The average molecular weight is 327 g/mol. The molecule has 0 saturated carbocycles. The predicted molar refractivity (Wildman–Crippen MR) is 73.9 cm³/mol. The molecule has 0 aromatic rings. The molecule has 1 aliphatic rings. The maximum Gasteiger partial charge on any atom is 0.196 e. The summed E-state index contributed by atoms with van der Waals surface area (Å²) in [5, 5.41) is 9.19. The van der Waals surface area contributed by atoms with Crippen molar-refractivity contribution in [2.75, 3.05) is 33.7 Å². The summed E-state index contributed by atoms with van der Waals surface area (Å²) in [5.74, 6) is 1.05. The molecule has 1 unspecified atom stereocenters. The van der Waals surface area contributed by atoms with Crippen molar-refractivity contribution < 1.29 is 5.11 Å². The van der Waals surface area contributed by atoms with Crippen LogP contribution in [0.2, 0.25) is 0 Å². The minimum Gasteiger partial charge on any atom is -0.393 e. The lowest BCUT2D eigenvalue weighted by molar-refractivity contribution is 0.173. The van der Waals surface area contributed by atoms with E-state index in [1.54, 1.807) is 0 Å². The lowest BCUT2D eigenvalue weighted by Crippen LogP contribution is -2.44. The van der Waals surface area contributed by atoms with Gasteiger partial charge in [-0.15, -0.1) is 24.0 Å². The van der Waals surface area contributed by atoms with Crippen molar-refractivity contribution in [2.24, 2.45) is 4.99 Å². The van der Waals surface area contributed by atoms with E-state index in [1.165, 1.54) is 0 Å². The van der Waals surface area contributed by atoms with Gasteiger partial charge < -0.3 is 14.9 Å². The molecule has 0 fully saturated rings. The van der Waals surface area contributed by atoms with Crippen molar-refractivity contribution in [1.29, 1.82) is 0 Å². The van der Waals surface area contributed by atoms with Crippen LogP contribution in [0.15, 0.2) is 4.99 Å². The lowest BCUT2D eigenvalue weighted by Gasteiger charge is -2.32. The fourth-order valence-corrected chi connectivity index (χ4v) is 1.60. The van der Waals surface area contributed by atoms with Crippen LogP contribution in [0, 0.1) is 0 Å². The van der Waals surface area contributed by atoms with E-state index >= 15 is 0 Å². The van der Waals surface area contributed by atoms with E-state index in [2.05, 4.69) is 21.8 Å². The zero-order valence-corrected chi connectivity index (χ0v) is 12.1. The van der Waals surface area contributed by atoms with Crippen LogP contribution < -0.4 is 0 Å². The molecule has 0 amide bonds. The first-order chi connectivity index (χ1) is 6.61. The van der Waals surface area contributed by atoms with E-state index in [9.17, 15) is 5.11 Å². The fourth-order valence-electron chi connectivity index (χ4n) is 1.60. The Morgan fingerprint density at radius 3 is 2.80 bits per heavy atom. The van der Waals surface area contributed by atoms with Gasteiger partial charge in [0.05, 0.1) is 6.10 Å². The highest BCUT2D eigenvalue weighted by Crippen LogP contribution is 2.04. The average Bonchev–Trinajstić information content (AvgIpc) is 2.15. The molecule has 5 heteroatoms. The van der Waals surface area contributed by atoms with E-state index in [0.717, 1.165) is 38.4 Å². The molecule has 0 aromatic carbocycles. The Balaban J connectivity index is 0.00000196.